The monoisotopic (exact) mass is 384 g/mol. The summed E-state index contributed by atoms with van der Waals surface area (Å²) in [5, 5.41) is 9.29. The van der Waals surface area contributed by atoms with Crippen LogP contribution < -0.4 is 5.32 Å². The average molecular weight is 385 g/mol. The molecule has 5 rings (SSSR count). The maximum atomic E-state index is 12.2. The number of carbonyl (C=O) groups is 1. The largest absolute Gasteiger partial charge is 0.345 e. The van der Waals surface area contributed by atoms with Crippen molar-refractivity contribution in [2.24, 2.45) is 0 Å². The summed E-state index contributed by atoms with van der Waals surface area (Å²) >= 11 is 6.24. The summed E-state index contributed by atoms with van der Waals surface area (Å²) < 4.78 is 2.10. The molecule has 0 aliphatic carbocycles. The van der Waals surface area contributed by atoms with Crippen LogP contribution in [0.1, 0.15) is 25.5 Å². The lowest BCUT2D eigenvalue weighted by atomic mass is 9.82. The van der Waals surface area contributed by atoms with E-state index in [0.29, 0.717) is 11.6 Å². The molecule has 3 aromatic rings. The summed E-state index contributed by atoms with van der Waals surface area (Å²) in [5.74, 6) is 0. The fraction of sp³-hybridized carbons (Fsp3) is 0.421. The Morgan fingerprint density at radius 3 is 3.07 bits per heavy atom. The molecule has 1 saturated heterocycles. The molecule has 7 nitrogen and oxygen atoms in total. The molecule has 8 heteroatoms. The second kappa shape index (κ2) is 5.99. The number of halogens is 1. The number of nitrogens with one attached hydrogen (secondary N) is 2. The number of aryl methyl sites for hydroxylation is 1. The Morgan fingerprint density at radius 2 is 2.22 bits per heavy atom. The number of rotatable bonds is 2. The zero-order valence-electron chi connectivity index (χ0n) is 15.1. The predicted octanol–water partition coefficient (Wildman–Crippen LogP) is 3.16. The number of hydrogen-bond donors (Lipinski definition) is 2. The van der Waals surface area contributed by atoms with E-state index in [9.17, 15) is 4.79 Å². The topological polar surface area (TPSA) is 78.8 Å². The number of amides is 2. The Balaban J connectivity index is 1.47. The Hall–Kier alpha value is -2.54. The fourth-order valence-corrected chi connectivity index (χ4v) is 4.64. The highest BCUT2D eigenvalue weighted by Crippen LogP contribution is 2.43. The zero-order chi connectivity index (χ0) is 18.6. The van der Waals surface area contributed by atoms with E-state index in [2.05, 4.69) is 26.0 Å². The van der Waals surface area contributed by atoms with Crippen molar-refractivity contribution in [3.63, 3.8) is 0 Å². The van der Waals surface area contributed by atoms with Crippen molar-refractivity contribution in [1.82, 2.24) is 30.0 Å². The first-order chi connectivity index (χ1) is 13.1. The number of nitrogens with zero attached hydrogens (tertiary/aromatic N) is 4. The minimum atomic E-state index is 0.0135. The van der Waals surface area contributed by atoms with Gasteiger partial charge in [-0.25, -0.2) is 9.78 Å². The van der Waals surface area contributed by atoms with Gasteiger partial charge in [-0.3, -0.25) is 4.68 Å². The number of fused-ring (bicyclic) bond motifs is 3. The number of likely N-dealkylation sites (tertiary alicyclic amines) is 1. The normalized spacial score (nSPS) is 21.3. The Labute approximate surface area is 161 Å². The average Bonchev–Trinajstić information content (AvgIpc) is 3.42. The molecule has 0 saturated carbocycles. The quantitative estimate of drug-likeness (QED) is 0.712. The predicted molar refractivity (Wildman–Crippen MR) is 104 cm³/mol. The van der Waals surface area contributed by atoms with Crippen LogP contribution in [-0.4, -0.2) is 50.3 Å². The maximum absolute atomic E-state index is 12.2. The molecular formula is C19H21ClN6O. The van der Waals surface area contributed by atoms with E-state index < -0.39 is 0 Å². The SMILES string of the molecule is CCNC(=O)N1CCC2(CCn3nc(-c4cnc5[nH]cc(Cl)c5c4)cc32)C1. The van der Waals surface area contributed by atoms with Gasteiger partial charge in [0.05, 0.1) is 10.7 Å². The van der Waals surface area contributed by atoms with Gasteiger partial charge < -0.3 is 15.2 Å². The van der Waals surface area contributed by atoms with Gasteiger partial charge in [0.15, 0.2) is 0 Å². The second-order valence-electron chi connectivity index (χ2n) is 7.43. The summed E-state index contributed by atoms with van der Waals surface area (Å²) in [6.07, 6.45) is 5.60. The Kier molecular flexibility index (Phi) is 3.69. The summed E-state index contributed by atoms with van der Waals surface area (Å²) in [7, 11) is 0. The van der Waals surface area contributed by atoms with Crippen LogP contribution in [0.5, 0.6) is 0 Å². The van der Waals surface area contributed by atoms with Gasteiger partial charge >= 0.3 is 6.03 Å². The van der Waals surface area contributed by atoms with E-state index in [1.54, 1.807) is 6.20 Å². The van der Waals surface area contributed by atoms with Crippen LogP contribution in [0.4, 0.5) is 4.79 Å². The second-order valence-corrected chi connectivity index (χ2v) is 7.84. The molecule has 27 heavy (non-hydrogen) atoms. The maximum Gasteiger partial charge on any atom is 0.317 e. The van der Waals surface area contributed by atoms with Gasteiger partial charge in [0.1, 0.15) is 5.65 Å². The minimum Gasteiger partial charge on any atom is -0.345 e. The highest BCUT2D eigenvalue weighted by molar-refractivity contribution is 6.35. The number of aromatic amines is 1. The molecule has 1 spiro atoms. The van der Waals surface area contributed by atoms with E-state index in [0.717, 1.165) is 54.8 Å². The van der Waals surface area contributed by atoms with E-state index in [-0.39, 0.29) is 11.4 Å². The van der Waals surface area contributed by atoms with Gasteiger partial charge in [-0.2, -0.15) is 5.10 Å². The summed E-state index contributed by atoms with van der Waals surface area (Å²) in [6.45, 7) is 5.03. The van der Waals surface area contributed by atoms with Gasteiger partial charge in [-0.1, -0.05) is 11.6 Å². The molecule has 1 fully saturated rings. The molecule has 0 radical (unpaired) electrons. The summed E-state index contributed by atoms with van der Waals surface area (Å²) in [4.78, 5) is 21.7. The van der Waals surface area contributed by atoms with E-state index >= 15 is 0 Å². The van der Waals surface area contributed by atoms with Crippen LogP contribution in [0, 0.1) is 0 Å². The van der Waals surface area contributed by atoms with Crippen molar-refractivity contribution >= 4 is 28.7 Å². The van der Waals surface area contributed by atoms with Crippen molar-refractivity contribution in [3.05, 3.63) is 35.2 Å². The van der Waals surface area contributed by atoms with Crippen LogP contribution in [-0.2, 0) is 12.0 Å². The molecule has 1 unspecified atom stereocenters. The molecule has 0 aromatic carbocycles. The van der Waals surface area contributed by atoms with Gasteiger partial charge in [-0.15, -0.1) is 0 Å². The number of pyridine rings is 1. The highest BCUT2D eigenvalue weighted by Gasteiger charge is 2.46. The fourth-order valence-electron chi connectivity index (χ4n) is 4.44. The van der Waals surface area contributed by atoms with Crippen molar-refractivity contribution < 1.29 is 4.79 Å². The molecule has 140 valence electrons. The standard InChI is InChI=1S/C19H21ClN6O/c1-2-21-18(27)25-5-3-19(11-25)4-6-26-16(19)8-15(24-26)12-7-13-14(20)10-23-17(13)22-9-12/h7-10H,2-6,11H2,1H3,(H,21,27)(H,22,23). The molecule has 5 heterocycles. The molecular weight excluding hydrogens is 364 g/mol. The minimum absolute atomic E-state index is 0.0135. The van der Waals surface area contributed by atoms with Gasteiger partial charge in [0, 0.05) is 60.6 Å². The smallest absolute Gasteiger partial charge is 0.317 e. The third kappa shape index (κ3) is 2.52. The molecule has 2 aliphatic rings. The number of H-pyrrole nitrogens is 1. The number of hydrogen-bond acceptors (Lipinski definition) is 3. The van der Waals surface area contributed by atoms with Crippen LogP contribution in [0.3, 0.4) is 0 Å². The third-order valence-electron chi connectivity index (χ3n) is 5.87. The van der Waals surface area contributed by atoms with Gasteiger partial charge in [-0.05, 0) is 31.9 Å². The van der Waals surface area contributed by atoms with Crippen LogP contribution in [0.2, 0.25) is 5.02 Å². The zero-order valence-corrected chi connectivity index (χ0v) is 15.9. The first kappa shape index (κ1) is 16.6. The Morgan fingerprint density at radius 1 is 1.37 bits per heavy atom. The van der Waals surface area contributed by atoms with E-state index in [4.69, 9.17) is 16.7 Å². The lowest BCUT2D eigenvalue weighted by Gasteiger charge is -2.23. The van der Waals surface area contributed by atoms with Gasteiger partial charge in [0.25, 0.3) is 0 Å². The van der Waals surface area contributed by atoms with Crippen molar-refractivity contribution in [2.75, 3.05) is 19.6 Å². The first-order valence-electron chi connectivity index (χ1n) is 9.34. The van der Waals surface area contributed by atoms with Gasteiger partial charge in [0.2, 0.25) is 0 Å². The third-order valence-corrected chi connectivity index (χ3v) is 6.18. The molecule has 0 bridgehead atoms. The lowest BCUT2D eigenvalue weighted by Crippen LogP contribution is -2.40. The van der Waals surface area contributed by atoms with E-state index in [1.807, 2.05) is 24.1 Å². The summed E-state index contributed by atoms with van der Waals surface area (Å²) in [6, 6.07) is 4.23. The molecule has 1 atom stereocenters. The Bertz CT molecular complexity index is 1040. The van der Waals surface area contributed by atoms with Crippen LogP contribution in [0.15, 0.2) is 24.5 Å². The van der Waals surface area contributed by atoms with Crippen LogP contribution in [0.25, 0.3) is 22.3 Å². The van der Waals surface area contributed by atoms with Crippen molar-refractivity contribution in [2.45, 2.75) is 31.7 Å². The van der Waals surface area contributed by atoms with E-state index in [1.165, 1.54) is 5.69 Å². The molecule has 2 amide bonds. The molecule has 3 aromatic heterocycles. The lowest BCUT2D eigenvalue weighted by molar-refractivity contribution is 0.206. The summed E-state index contributed by atoms with van der Waals surface area (Å²) in [5.41, 5.74) is 3.89. The van der Waals surface area contributed by atoms with Crippen molar-refractivity contribution in [1.29, 1.82) is 0 Å². The highest BCUT2D eigenvalue weighted by atomic mass is 35.5. The number of aromatic nitrogens is 4. The molecule has 2 aliphatic heterocycles. The van der Waals surface area contributed by atoms with Crippen LogP contribution >= 0.6 is 11.6 Å². The number of carbonyl (C=O) groups excluding carboxylic acids is 1. The molecule has 2 N–H and O–H groups in total. The first-order valence-corrected chi connectivity index (χ1v) is 9.71. The number of urea groups is 1. The van der Waals surface area contributed by atoms with Crippen molar-refractivity contribution in [3.8, 4) is 11.3 Å².